The van der Waals surface area contributed by atoms with Crippen LogP contribution in [0.15, 0.2) is 12.7 Å². The third-order valence-corrected chi connectivity index (χ3v) is 2.09. The molecule has 0 N–H and O–H groups in total. The number of rotatable bonds is 2. The van der Waals surface area contributed by atoms with Gasteiger partial charge < -0.3 is 4.74 Å². The van der Waals surface area contributed by atoms with E-state index in [4.69, 9.17) is 16.3 Å². The Morgan fingerprint density at radius 3 is 2.90 bits per heavy atom. The van der Waals surface area contributed by atoms with Crippen molar-refractivity contribution >= 4 is 11.6 Å². The molecule has 0 aromatic heterocycles. The Bertz CT molecular complexity index is 106. The third-order valence-electron chi connectivity index (χ3n) is 1.74. The number of alkyl halides is 1. The summed E-state index contributed by atoms with van der Waals surface area (Å²) in [6, 6.07) is 0. The van der Waals surface area contributed by atoms with Gasteiger partial charge in [0, 0.05) is 0 Å². The van der Waals surface area contributed by atoms with E-state index in [-0.39, 0.29) is 5.38 Å². The van der Waals surface area contributed by atoms with Gasteiger partial charge in [0.1, 0.15) is 0 Å². The van der Waals surface area contributed by atoms with Crippen LogP contribution in [0, 0.1) is 0 Å². The van der Waals surface area contributed by atoms with Crippen molar-refractivity contribution in [1.29, 1.82) is 0 Å². The van der Waals surface area contributed by atoms with Gasteiger partial charge in [-0.05, 0) is 19.3 Å². The van der Waals surface area contributed by atoms with E-state index in [1.165, 1.54) is 0 Å². The Hall–Kier alpha value is -0.0100. The van der Waals surface area contributed by atoms with Crippen LogP contribution in [0.4, 0.5) is 0 Å². The molecule has 1 aliphatic heterocycles. The van der Waals surface area contributed by atoms with E-state index in [2.05, 4.69) is 6.58 Å². The fourth-order valence-electron chi connectivity index (χ4n) is 1.15. The predicted molar refractivity (Wildman–Crippen MR) is 43.4 cm³/mol. The summed E-state index contributed by atoms with van der Waals surface area (Å²) in [7, 11) is 0. The molecule has 1 fully saturated rings. The first kappa shape index (κ1) is 8.09. The van der Waals surface area contributed by atoms with Gasteiger partial charge in [-0.1, -0.05) is 6.08 Å². The highest BCUT2D eigenvalue weighted by Crippen LogP contribution is 2.19. The fraction of sp³-hybridized carbons (Fsp3) is 0.750. The van der Waals surface area contributed by atoms with Gasteiger partial charge in [-0.3, -0.25) is 0 Å². The van der Waals surface area contributed by atoms with Gasteiger partial charge in [0.05, 0.1) is 18.1 Å². The maximum absolute atomic E-state index is 5.83. The summed E-state index contributed by atoms with van der Waals surface area (Å²) in [6.07, 6.45) is 5.41. The van der Waals surface area contributed by atoms with E-state index in [0.29, 0.717) is 12.7 Å². The largest absolute Gasteiger partial charge is 0.376 e. The van der Waals surface area contributed by atoms with Crippen LogP contribution >= 0.6 is 11.6 Å². The molecular weight excluding hydrogens is 148 g/mol. The second kappa shape index (κ2) is 3.99. The Kier molecular flexibility index (Phi) is 3.23. The highest BCUT2D eigenvalue weighted by Gasteiger charge is 2.18. The van der Waals surface area contributed by atoms with Gasteiger partial charge in [-0.2, -0.15) is 0 Å². The smallest absolute Gasteiger partial charge is 0.0634 e. The second-order valence-corrected chi connectivity index (χ2v) is 3.27. The minimum absolute atomic E-state index is 0.237. The SMILES string of the molecule is C=CC[C@@H]1CC[C@H](Cl)CO1. The van der Waals surface area contributed by atoms with E-state index in [9.17, 15) is 0 Å². The Morgan fingerprint density at radius 2 is 2.40 bits per heavy atom. The Balaban J connectivity index is 2.19. The molecule has 0 aromatic rings. The maximum Gasteiger partial charge on any atom is 0.0634 e. The van der Waals surface area contributed by atoms with Crippen molar-refractivity contribution in [3.63, 3.8) is 0 Å². The summed E-state index contributed by atoms with van der Waals surface area (Å²) in [5.41, 5.74) is 0. The summed E-state index contributed by atoms with van der Waals surface area (Å²) < 4.78 is 5.43. The molecule has 1 heterocycles. The summed E-state index contributed by atoms with van der Waals surface area (Å²) >= 11 is 5.83. The molecule has 0 unspecified atom stereocenters. The lowest BCUT2D eigenvalue weighted by Gasteiger charge is -2.24. The Labute approximate surface area is 67.0 Å². The monoisotopic (exact) mass is 160 g/mol. The molecule has 1 aliphatic rings. The first-order valence-electron chi connectivity index (χ1n) is 3.69. The maximum atomic E-state index is 5.83. The van der Waals surface area contributed by atoms with Gasteiger partial charge in [0.2, 0.25) is 0 Å². The molecule has 0 aromatic carbocycles. The lowest BCUT2D eigenvalue weighted by Crippen LogP contribution is -2.25. The number of hydrogen-bond donors (Lipinski definition) is 0. The van der Waals surface area contributed by atoms with Crippen molar-refractivity contribution in [3.8, 4) is 0 Å². The molecule has 0 saturated carbocycles. The first-order valence-corrected chi connectivity index (χ1v) is 4.13. The molecule has 0 bridgehead atoms. The summed E-state index contributed by atoms with van der Waals surface area (Å²) in [4.78, 5) is 0. The van der Waals surface area contributed by atoms with Crippen molar-refractivity contribution in [3.05, 3.63) is 12.7 Å². The predicted octanol–water partition coefficient (Wildman–Crippen LogP) is 2.35. The van der Waals surface area contributed by atoms with Gasteiger partial charge >= 0.3 is 0 Å². The molecule has 2 heteroatoms. The molecular formula is C8H13ClO. The summed E-state index contributed by atoms with van der Waals surface area (Å²) in [5.74, 6) is 0. The number of hydrogen-bond acceptors (Lipinski definition) is 1. The summed E-state index contributed by atoms with van der Waals surface area (Å²) in [6.45, 7) is 4.37. The zero-order valence-corrected chi connectivity index (χ0v) is 6.81. The molecule has 0 aliphatic carbocycles. The lowest BCUT2D eigenvalue weighted by atomic mass is 10.1. The van der Waals surface area contributed by atoms with Gasteiger partial charge in [0.25, 0.3) is 0 Å². The minimum atomic E-state index is 0.237. The van der Waals surface area contributed by atoms with Crippen molar-refractivity contribution < 1.29 is 4.74 Å². The van der Waals surface area contributed by atoms with Crippen molar-refractivity contribution in [1.82, 2.24) is 0 Å². The van der Waals surface area contributed by atoms with Crippen LogP contribution in [0.2, 0.25) is 0 Å². The molecule has 0 spiro atoms. The molecule has 10 heavy (non-hydrogen) atoms. The van der Waals surface area contributed by atoms with Gasteiger partial charge in [-0.15, -0.1) is 18.2 Å². The van der Waals surface area contributed by atoms with Crippen LogP contribution in [0.1, 0.15) is 19.3 Å². The zero-order valence-electron chi connectivity index (χ0n) is 6.05. The van der Waals surface area contributed by atoms with Crippen molar-refractivity contribution in [2.75, 3.05) is 6.61 Å². The molecule has 1 rings (SSSR count). The fourth-order valence-corrected chi connectivity index (χ4v) is 1.34. The topological polar surface area (TPSA) is 9.23 Å². The average Bonchev–Trinajstić information content (AvgIpc) is 1.95. The molecule has 0 amide bonds. The number of halogens is 1. The highest BCUT2D eigenvalue weighted by molar-refractivity contribution is 6.20. The van der Waals surface area contributed by atoms with E-state index in [0.717, 1.165) is 19.3 Å². The van der Waals surface area contributed by atoms with Crippen molar-refractivity contribution in [2.45, 2.75) is 30.7 Å². The second-order valence-electron chi connectivity index (χ2n) is 2.65. The molecule has 1 nitrogen and oxygen atoms in total. The lowest BCUT2D eigenvalue weighted by molar-refractivity contribution is 0.0209. The van der Waals surface area contributed by atoms with E-state index in [1.807, 2.05) is 6.08 Å². The van der Waals surface area contributed by atoms with Gasteiger partial charge in [0.15, 0.2) is 0 Å². The quantitative estimate of drug-likeness (QED) is 0.445. The molecule has 2 atom stereocenters. The standard InChI is InChI=1S/C8H13ClO/c1-2-3-8-5-4-7(9)6-10-8/h2,7-8H,1,3-6H2/t7-,8+/m0/s1. The number of ether oxygens (including phenoxy) is 1. The van der Waals surface area contributed by atoms with Crippen LogP contribution in [0.5, 0.6) is 0 Å². The zero-order chi connectivity index (χ0) is 7.40. The highest BCUT2D eigenvalue weighted by atomic mass is 35.5. The van der Waals surface area contributed by atoms with E-state index in [1.54, 1.807) is 0 Å². The minimum Gasteiger partial charge on any atom is -0.376 e. The van der Waals surface area contributed by atoms with Crippen LogP contribution < -0.4 is 0 Å². The van der Waals surface area contributed by atoms with E-state index >= 15 is 0 Å². The van der Waals surface area contributed by atoms with Gasteiger partial charge in [-0.25, -0.2) is 0 Å². The van der Waals surface area contributed by atoms with Crippen LogP contribution in [0.3, 0.4) is 0 Å². The molecule has 58 valence electrons. The normalized spacial score (nSPS) is 33.7. The van der Waals surface area contributed by atoms with Crippen LogP contribution in [-0.4, -0.2) is 18.1 Å². The average molecular weight is 161 g/mol. The first-order chi connectivity index (χ1) is 4.83. The molecule has 0 radical (unpaired) electrons. The van der Waals surface area contributed by atoms with E-state index < -0.39 is 0 Å². The Morgan fingerprint density at radius 1 is 1.60 bits per heavy atom. The van der Waals surface area contributed by atoms with Crippen molar-refractivity contribution in [2.24, 2.45) is 0 Å². The summed E-state index contributed by atoms with van der Waals surface area (Å²) in [5, 5.41) is 0.237. The molecule has 1 saturated heterocycles. The van der Waals surface area contributed by atoms with Crippen LogP contribution in [-0.2, 0) is 4.74 Å². The van der Waals surface area contributed by atoms with Crippen LogP contribution in [0.25, 0.3) is 0 Å². The third kappa shape index (κ3) is 2.31.